The number of rotatable bonds is 4. The van der Waals surface area contributed by atoms with Crippen LogP contribution < -0.4 is 15.2 Å². The standard InChI is InChI=1S/C18H15F2N3O2/c19-12-2-3-13(14(20)6-12)18-15(7-21)23(9-22-18)8-11-1-4-16-17(5-11)25-10-24-16/h1-6,9H,7-8,10,21H2. The van der Waals surface area contributed by atoms with Crippen LogP contribution in [0, 0.1) is 11.6 Å². The third kappa shape index (κ3) is 2.83. The molecule has 0 aliphatic carbocycles. The van der Waals surface area contributed by atoms with Gasteiger partial charge in [-0.15, -0.1) is 0 Å². The molecule has 128 valence electrons. The highest BCUT2D eigenvalue weighted by atomic mass is 19.1. The first kappa shape index (κ1) is 15.6. The number of halogens is 2. The van der Waals surface area contributed by atoms with Gasteiger partial charge in [-0.3, -0.25) is 0 Å². The summed E-state index contributed by atoms with van der Waals surface area (Å²) in [5, 5.41) is 0. The van der Waals surface area contributed by atoms with Crippen molar-refractivity contribution in [3.63, 3.8) is 0 Å². The van der Waals surface area contributed by atoms with Crippen LogP contribution in [0.5, 0.6) is 11.5 Å². The normalized spacial score (nSPS) is 12.6. The summed E-state index contributed by atoms with van der Waals surface area (Å²) in [6.07, 6.45) is 1.60. The first-order valence-corrected chi connectivity index (χ1v) is 7.73. The van der Waals surface area contributed by atoms with Crippen LogP contribution in [-0.4, -0.2) is 16.3 Å². The number of fused-ring (bicyclic) bond motifs is 1. The minimum atomic E-state index is -0.664. The summed E-state index contributed by atoms with van der Waals surface area (Å²) in [5.74, 6) is 0.109. The third-order valence-corrected chi connectivity index (χ3v) is 4.12. The monoisotopic (exact) mass is 343 g/mol. The van der Waals surface area contributed by atoms with Crippen molar-refractivity contribution in [2.75, 3.05) is 6.79 Å². The molecule has 2 heterocycles. The van der Waals surface area contributed by atoms with E-state index < -0.39 is 11.6 Å². The second-order valence-electron chi connectivity index (χ2n) is 5.68. The largest absolute Gasteiger partial charge is 0.454 e. The van der Waals surface area contributed by atoms with Gasteiger partial charge in [0.15, 0.2) is 11.5 Å². The molecule has 3 aromatic rings. The Bertz CT molecular complexity index is 940. The van der Waals surface area contributed by atoms with Crippen molar-refractivity contribution >= 4 is 0 Å². The van der Waals surface area contributed by atoms with E-state index in [1.807, 2.05) is 22.8 Å². The molecule has 0 radical (unpaired) electrons. The SMILES string of the molecule is NCc1c(-c2ccc(F)cc2F)ncn1Cc1ccc2c(c1)OCO2. The van der Waals surface area contributed by atoms with Gasteiger partial charge >= 0.3 is 0 Å². The summed E-state index contributed by atoms with van der Waals surface area (Å²) >= 11 is 0. The quantitative estimate of drug-likeness (QED) is 0.791. The van der Waals surface area contributed by atoms with Crippen molar-refractivity contribution in [3.8, 4) is 22.8 Å². The molecule has 1 aliphatic rings. The number of nitrogens with zero attached hydrogens (tertiary/aromatic N) is 2. The van der Waals surface area contributed by atoms with E-state index in [4.69, 9.17) is 15.2 Å². The van der Waals surface area contributed by atoms with E-state index in [0.717, 1.165) is 11.6 Å². The minimum absolute atomic E-state index is 0.177. The van der Waals surface area contributed by atoms with Crippen LogP contribution in [0.15, 0.2) is 42.7 Å². The highest BCUT2D eigenvalue weighted by molar-refractivity contribution is 5.62. The first-order valence-electron chi connectivity index (χ1n) is 7.73. The molecule has 25 heavy (non-hydrogen) atoms. The maximum absolute atomic E-state index is 14.1. The van der Waals surface area contributed by atoms with Crippen molar-refractivity contribution in [2.24, 2.45) is 5.73 Å². The Morgan fingerprint density at radius 2 is 1.92 bits per heavy atom. The molecule has 2 aromatic carbocycles. The van der Waals surface area contributed by atoms with Gasteiger partial charge in [-0.05, 0) is 29.8 Å². The highest BCUT2D eigenvalue weighted by Crippen LogP contribution is 2.33. The van der Waals surface area contributed by atoms with Gasteiger partial charge in [-0.2, -0.15) is 0 Å². The number of hydrogen-bond donors (Lipinski definition) is 1. The average Bonchev–Trinajstić information content (AvgIpc) is 3.21. The molecule has 0 amide bonds. The first-order chi connectivity index (χ1) is 12.2. The van der Waals surface area contributed by atoms with E-state index in [1.54, 1.807) is 6.33 Å². The van der Waals surface area contributed by atoms with Crippen LogP contribution in [0.25, 0.3) is 11.3 Å². The molecule has 0 saturated carbocycles. The molecule has 0 unspecified atom stereocenters. The molecule has 1 aliphatic heterocycles. The maximum atomic E-state index is 14.1. The summed E-state index contributed by atoms with van der Waals surface area (Å²) in [7, 11) is 0. The lowest BCUT2D eigenvalue weighted by Gasteiger charge is -2.10. The fourth-order valence-corrected chi connectivity index (χ4v) is 2.90. The molecule has 1 aromatic heterocycles. The van der Waals surface area contributed by atoms with Crippen molar-refractivity contribution in [1.29, 1.82) is 0 Å². The van der Waals surface area contributed by atoms with E-state index >= 15 is 0 Å². The Morgan fingerprint density at radius 1 is 1.08 bits per heavy atom. The smallest absolute Gasteiger partial charge is 0.231 e. The van der Waals surface area contributed by atoms with Crippen molar-refractivity contribution in [1.82, 2.24) is 9.55 Å². The van der Waals surface area contributed by atoms with E-state index in [-0.39, 0.29) is 18.9 Å². The summed E-state index contributed by atoms with van der Waals surface area (Å²) in [6, 6.07) is 9.07. The maximum Gasteiger partial charge on any atom is 0.231 e. The number of aromatic nitrogens is 2. The van der Waals surface area contributed by atoms with Crippen molar-refractivity contribution < 1.29 is 18.3 Å². The van der Waals surface area contributed by atoms with Crippen LogP contribution in [0.2, 0.25) is 0 Å². The predicted molar refractivity (Wildman–Crippen MR) is 87.1 cm³/mol. The second kappa shape index (κ2) is 6.18. The van der Waals surface area contributed by atoms with Crippen LogP contribution in [0.4, 0.5) is 8.78 Å². The Morgan fingerprint density at radius 3 is 2.72 bits per heavy atom. The molecular weight excluding hydrogens is 328 g/mol. The van der Waals surface area contributed by atoms with Crippen LogP contribution in [0.3, 0.4) is 0 Å². The third-order valence-electron chi connectivity index (χ3n) is 4.12. The fourth-order valence-electron chi connectivity index (χ4n) is 2.90. The topological polar surface area (TPSA) is 62.3 Å². The van der Waals surface area contributed by atoms with Crippen molar-refractivity contribution in [3.05, 3.63) is 65.6 Å². The van der Waals surface area contributed by atoms with Gasteiger partial charge in [0.1, 0.15) is 11.6 Å². The minimum Gasteiger partial charge on any atom is -0.454 e. The molecule has 2 N–H and O–H groups in total. The molecular formula is C18H15F2N3O2. The summed E-state index contributed by atoms with van der Waals surface area (Å²) < 4.78 is 39.7. The van der Waals surface area contributed by atoms with Crippen LogP contribution in [0.1, 0.15) is 11.3 Å². The molecule has 4 rings (SSSR count). The zero-order valence-corrected chi connectivity index (χ0v) is 13.2. The zero-order valence-electron chi connectivity index (χ0n) is 13.2. The lowest BCUT2D eigenvalue weighted by atomic mass is 10.1. The lowest BCUT2D eigenvalue weighted by Crippen LogP contribution is -2.09. The number of nitrogens with two attached hydrogens (primary N) is 1. The van der Waals surface area contributed by atoms with E-state index in [1.165, 1.54) is 12.1 Å². The van der Waals surface area contributed by atoms with Crippen molar-refractivity contribution in [2.45, 2.75) is 13.1 Å². The Hall–Kier alpha value is -2.93. The lowest BCUT2D eigenvalue weighted by molar-refractivity contribution is 0.174. The molecule has 0 bridgehead atoms. The van der Waals surface area contributed by atoms with Gasteiger partial charge in [-0.25, -0.2) is 13.8 Å². The van der Waals surface area contributed by atoms with Gasteiger partial charge in [0.2, 0.25) is 6.79 Å². The predicted octanol–water partition coefficient (Wildman–Crippen LogP) is 3.06. The molecule has 0 spiro atoms. The molecule has 0 fully saturated rings. The summed E-state index contributed by atoms with van der Waals surface area (Å²) in [4.78, 5) is 4.28. The fraction of sp³-hybridized carbons (Fsp3) is 0.167. The van der Waals surface area contributed by atoms with Gasteiger partial charge in [0.25, 0.3) is 0 Å². The van der Waals surface area contributed by atoms with Gasteiger partial charge in [0.05, 0.1) is 17.7 Å². The molecule has 0 saturated heterocycles. The Kier molecular flexibility index (Phi) is 3.85. The van der Waals surface area contributed by atoms with E-state index in [9.17, 15) is 8.78 Å². The molecule has 5 nitrogen and oxygen atoms in total. The van der Waals surface area contributed by atoms with E-state index in [0.29, 0.717) is 29.4 Å². The molecule has 7 heteroatoms. The summed E-state index contributed by atoms with van der Waals surface area (Å²) in [6.45, 7) is 0.890. The number of imidazole rings is 1. The van der Waals surface area contributed by atoms with Gasteiger partial charge in [0, 0.05) is 24.7 Å². The highest BCUT2D eigenvalue weighted by Gasteiger charge is 2.17. The Labute approximate surface area is 142 Å². The summed E-state index contributed by atoms with van der Waals surface area (Å²) in [5.41, 5.74) is 8.14. The second-order valence-corrected chi connectivity index (χ2v) is 5.68. The van der Waals surface area contributed by atoms with Gasteiger partial charge in [-0.1, -0.05) is 6.07 Å². The van der Waals surface area contributed by atoms with E-state index in [2.05, 4.69) is 4.98 Å². The average molecular weight is 343 g/mol. The number of benzene rings is 2. The number of ether oxygens (including phenoxy) is 2. The number of hydrogen-bond acceptors (Lipinski definition) is 4. The molecule has 0 atom stereocenters. The zero-order chi connectivity index (χ0) is 17.4. The van der Waals surface area contributed by atoms with Gasteiger partial charge < -0.3 is 19.8 Å². The van der Waals surface area contributed by atoms with Crippen LogP contribution in [-0.2, 0) is 13.1 Å². The van der Waals surface area contributed by atoms with Crippen LogP contribution >= 0.6 is 0 Å². The Balaban J connectivity index is 1.68.